The van der Waals surface area contributed by atoms with Crippen LogP contribution in [0.25, 0.3) is 10.9 Å². The zero-order valence-corrected chi connectivity index (χ0v) is 14.3. The zero-order valence-electron chi connectivity index (χ0n) is 14.3. The molecule has 0 spiro atoms. The Morgan fingerprint density at radius 3 is 2.69 bits per heavy atom. The highest BCUT2D eigenvalue weighted by Gasteiger charge is 2.12. The number of aryl methyl sites for hydroxylation is 1. The number of carbonyl (C=O) groups excluding carboxylic acids is 1. The zero-order chi connectivity index (χ0) is 17.9. The monoisotopic (exact) mass is 343 g/mol. The number of para-hydroxylation sites is 1. The number of nitrogens with one attached hydrogen (secondary N) is 1. The molecule has 6 heteroatoms. The number of amides is 1. The van der Waals surface area contributed by atoms with E-state index in [0.717, 1.165) is 27.8 Å². The first kappa shape index (κ1) is 16.0. The Balaban J connectivity index is 1.55. The number of carbonyl (C=O) groups is 1. The van der Waals surface area contributed by atoms with Crippen molar-refractivity contribution in [2.75, 3.05) is 5.32 Å². The van der Waals surface area contributed by atoms with E-state index in [1.165, 1.54) is 6.33 Å². The summed E-state index contributed by atoms with van der Waals surface area (Å²) in [4.78, 5) is 21.2. The van der Waals surface area contributed by atoms with E-state index >= 15 is 0 Å². The van der Waals surface area contributed by atoms with Crippen molar-refractivity contribution in [1.82, 2.24) is 19.7 Å². The molecule has 0 saturated heterocycles. The van der Waals surface area contributed by atoms with Crippen molar-refractivity contribution in [3.05, 3.63) is 84.1 Å². The summed E-state index contributed by atoms with van der Waals surface area (Å²) >= 11 is 0. The molecule has 0 fully saturated rings. The third kappa shape index (κ3) is 3.30. The van der Waals surface area contributed by atoms with E-state index in [1.54, 1.807) is 11.0 Å². The van der Waals surface area contributed by atoms with E-state index in [-0.39, 0.29) is 5.91 Å². The number of fused-ring (bicyclic) bond motifs is 1. The predicted molar refractivity (Wildman–Crippen MR) is 100.0 cm³/mol. The Morgan fingerprint density at radius 1 is 1.12 bits per heavy atom. The fraction of sp³-hybridized carbons (Fsp3) is 0.100. The molecule has 1 N–H and O–H groups in total. The van der Waals surface area contributed by atoms with Gasteiger partial charge in [0.1, 0.15) is 12.7 Å². The van der Waals surface area contributed by atoms with Crippen LogP contribution in [-0.4, -0.2) is 25.7 Å². The summed E-state index contributed by atoms with van der Waals surface area (Å²) in [5.41, 5.74) is 4.09. The van der Waals surface area contributed by atoms with Gasteiger partial charge < -0.3 is 5.32 Å². The molecule has 26 heavy (non-hydrogen) atoms. The van der Waals surface area contributed by atoms with Gasteiger partial charge in [-0.2, -0.15) is 5.10 Å². The van der Waals surface area contributed by atoms with Gasteiger partial charge in [-0.25, -0.2) is 9.67 Å². The summed E-state index contributed by atoms with van der Waals surface area (Å²) in [5.74, 6) is -0.143. The minimum absolute atomic E-state index is 0.143. The lowest BCUT2D eigenvalue weighted by atomic mass is 10.1. The quantitative estimate of drug-likeness (QED) is 0.616. The van der Waals surface area contributed by atoms with E-state index in [9.17, 15) is 4.79 Å². The van der Waals surface area contributed by atoms with Crippen molar-refractivity contribution in [2.45, 2.75) is 13.5 Å². The predicted octanol–water partition coefficient (Wildman–Crippen LogP) is 3.44. The molecule has 4 rings (SSSR count). The van der Waals surface area contributed by atoms with Crippen LogP contribution in [0.15, 0.2) is 67.3 Å². The van der Waals surface area contributed by atoms with Crippen molar-refractivity contribution in [3.63, 3.8) is 0 Å². The molecule has 2 aromatic carbocycles. The van der Waals surface area contributed by atoms with Gasteiger partial charge in [-0.1, -0.05) is 30.3 Å². The Bertz CT molecular complexity index is 1060. The molecule has 1 amide bonds. The number of hydrogen-bond acceptors (Lipinski definition) is 4. The number of rotatable bonds is 4. The van der Waals surface area contributed by atoms with Gasteiger partial charge in [0, 0.05) is 16.8 Å². The van der Waals surface area contributed by atoms with Crippen LogP contribution in [0.1, 0.15) is 21.6 Å². The average Bonchev–Trinajstić information content (AvgIpc) is 3.15. The molecule has 0 radical (unpaired) electrons. The van der Waals surface area contributed by atoms with Gasteiger partial charge in [0.25, 0.3) is 5.91 Å². The van der Waals surface area contributed by atoms with Crippen molar-refractivity contribution in [3.8, 4) is 0 Å². The van der Waals surface area contributed by atoms with E-state index in [2.05, 4.69) is 20.4 Å². The normalized spacial score (nSPS) is 10.8. The molecule has 0 saturated carbocycles. The molecule has 0 aliphatic carbocycles. The van der Waals surface area contributed by atoms with E-state index < -0.39 is 0 Å². The fourth-order valence-electron chi connectivity index (χ4n) is 2.89. The first-order valence-electron chi connectivity index (χ1n) is 8.28. The molecular weight excluding hydrogens is 326 g/mol. The van der Waals surface area contributed by atoms with E-state index in [0.29, 0.717) is 12.1 Å². The number of aromatic nitrogens is 4. The highest BCUT2D eigenvalue weighted by Crippen LogP contribution is 2.20. The second-order valence-electron chi connectivity index (χ2n) is 6.07. The second kappa shape index (κ2) is 6.76. The maximum atomic E-state index is 12.8. The van der Waals surface area contributed by atoms with Gasteiger partial charge in [0.05, 0.1) is 17.6 Å². The molecule has 2 aromatic heterocycles. The van der Waals surface area contributed by atoms with E-state index in [4.69, 9.17) is 0 Å². The third-order valence-corrected chi connectivity index (χ3v) is 4.11. The Kier molecular flexibility index (Phi) is 4.15. The maximum absolute atomic E-state index is 12.8. The molecule has 0 bridgehead atoms. The number of benzene rings is 2. The summed E-state index contributed by atoms with van der Waals surface area (Å²) in [7, 11) is 0. The topological polar surface area (TPSA) is 72.7 Å². The van der Waals surface area contributed by atoms with Crippen LogP contribution >= 0.6 is 0 Å². The van der Waals surface area contributed by atoms with Gasteiger partial charge in [0.15, 0.2) is 0 Å². The SMILES string of the molecule is Cc1cc(C(=O)Nc2ccc(Cn3cncn3)cc2)c2ccccc2n1. The first-order chi connectivity index (χ1) is 12.7. The van der Waals surface area contributed by atoms with Gasteiger partial charge in [-0.05, 0) is 36.8 Å². The van der Waals surface area contributed by atoms with Gasteiger partial charge in [-0.3, -0.25) is 9.78 Å². The van der Waals surface area contributed by atoms with Crippen LogP contribution in [0.2, 0.25) is 0 Å². The molecule has 4 aromatic rings. The van der Waals surface area contributed by atoms with Crippen LogP contribution in [0.3, 0.4) is 0 Å². The Labute approximate surface area is 150 Å². The lowest BCUT2D eigenvalue weighted by Gasteiger charge is -2.10. The van der Waals surface area contributed by atoms with Crippen LogP contribution < -0.4 is 5.32 Å². The number of nitrogens with zero attached hydrogens (tertiary/aromatic N) is 4. The molecule has 2 heterocycles. The second-order valence-corrected chi connectivity index (χ2v) is 6.07. The van der Waals surface area contributed by atoms with Crippen molar-refractivity contribution >= 4 is 22.5 Å². The lowest BCUT2D eigenvalue weighted by molar-refractivity contribution is 0.102. The molecule has 6 nitrogen and oxygen atoms in total. The van der Waals surface area contributed by atoms with Crippen LogP contribution in [0.5, 0.6) is 0 Å². The van der Waals surface area contributed by atoms with E-state index in [1.807, 2.05) is 61.5 Å². The van der Waals surface area contributed by atoms with Crippen LogP contribution in [0.4, 0.5) is 5.69 Å². The molecule has 0 atom stereocenters. The Hall–Kier alpha value is -3.54. The highest BCUT2D eigenvalue weighted by atomic mass is 16.1. The summed E-state index contributed by atoms with van der Waals surface area (Å²) in [5, 5.41) is 7.90. The molecular formula is C20H17N5O. The standard InChI is InChI=1S/C20H17N5O/c1-14-10-18(17-4-2-3-5-19(17)23-14)20(26)24-16-8-6-15(7-9-16)11-25-13-21-12-22-25/h2-10,12-13H,11H2,1H3,(H,24,26). The molecule has 0 aliphatic heterocycles. The number of anilines is 1. The lowest BCUT2D eigenvalue weighted by Crippen LogP contribution is -2.13. The smallest absolute Gasteiger partial charge is 0.256 e. The van der Waals surface area contributed by atoms with Crippen LogP contribution in [0, 0.1) is 6.92 Å². The van der Waals surface area contributed by atoms with Gasteiger partial charge in [-0.15, -0.1) is 0 Å². The largest absolute Gasteiger partial charge is 0.322 e. The third-order valence-electron chi connectivity index (χ3n) is 4.11. The molecule has 0 unspecified atom stereocenters. The summed E-state index contributed by atoms with van der Waals surface area (Å²) in [6.45, 7) is 2.53. The van der Waals surface area contributed by atoms with Crippen molar-refractivity contribution < 1.29 is 4.79 Å². The average molecular weight is 343 g/mol. The first-order valence-corrected chi connectivity index (χ1v) is 8.28. The molecule has 0 aliphatic rings. The van der Waals surface area contributed by atoms with Gasteiger partial charge in [0.2, 0.25) is 0 Å². The minimum atomic E-state index is -0.143. The fourth-order valence-corrected chi connectivity index (χ4v) is 2.89. The number of pyridine rings is 1. The Morgan fingerprint density at radius 2 is 1.92 bits per heavy atom. The number of hydrogen-bond donors (Lipinski definition) is 1. The molecule has 128 valence electrons. The van der Waals surface area contributed by atoms with Crippen molar-refractivity contribution in [1.29, 1.82) is 0 Å². The van der Waals surface area contributed by atoms with Gasteiger partial charge >= 0.3 is 0 Å². The minimum Gasteiger partial charge on any atom is -0.322 e. The highest BCUT2D eigenvalue weighted by molar-refractivity contribution is 6.12. The summed E-state index contributed by atoms with van der Waals surface area (Å²) in [6.07, 6.45) is 3.18. The maximum Gasteiger partial charge on any atom is 0.256 e. The van der Waals surface area contributed by atoms with Crippen LogP contribution in [-0.2, 0) is 6.54 Å². The summed E-state index contributed by atoms with van der Waals surface area (Å²) in [6, 6.07) is 17.2. The summed E-state index contributed by atoms with van der Waals surface area (Å²) < 4.78 is 1.75. The van der Waals surface area contributed by atoms with Crippen molar-refractivity contribution in [2.24, 2.45) is 0 Å².